The number of hydrogen-bond donors (Lipinski definition) is 3. The molecule has 0 bridgehead atoms. The number of fused-ring (bicyclic) bond motifs is 1. The fraction of sp³-hybridized carbons (Fsp3) is 0.300. The molecule has 2 atom stereocenters. The van der Waals surface area contributed by atoms with Crippen LogP contribution in [-0.4, -0.2) is 35.7 Å². The number of pyridine rings is 1. The first-order valence-corrected chi connectivity index (χ1v) is 9.99. The fourth-order valence-electron chi connectivity index (χ4n) is 3.51. The van der Waals surface area contributed by atoms with E-state index < -0.39 is 18.1 Å². The Balaban J connectivity index is 1.64. The lowest BCUT2D eigenvalue weighted by Crippen LogP contribution is -2.51. The monoisotopic (exact) mass is 420 g/mol. The summed E-state index contributed by atoms with van der Waals surface area (Å²) in [5.74, 6) is -0.0245. The fourth-order valence-corrected chi connectivity index (χ4v) is 4.69. The molecule has 1 fully saturated rings. The van der Waals surface area contributed by atoms with E-state index in [0.717, 1.165) is 15.8 Å². The quantitative estimate of drug-likeness (QED) is 0.592. The zero-order valence-electron chi connectivity index (χ0n) is 15.3. The Bertz CT molecular complexity index is 1030. The molecule has 5 nitrogen and oxygen atoms in total. The number of nitrogens with two attached hydrogens (primary N) is 1. The summed E-state index contributed by atoms with van der Waals surface area (Å²) in [7, 11) is 0. The molecule has 0 saturated carbocycles. The Morgan fingerprint density at radius 2 is 2.00 bits per heavy atom. The number of halogens is 3. The van der Waals surface area contributed by atoms with Crippen molar-refractivity contribution in [1.29, 1.82) is 0 Å². The van der Waals surface area contributed by atoms with Crippen LogP contribution >= 0.6 is 11.3 Å². The van der Waals surface area contributed by atoms with Crippen LogP contribution in [0.3, 0.4) is 0 Å². The summed E-state index contributed by atoms with van der Waals surface area (Å²) in [5, 5.41) is 6.53. The molecule has 4 rings (SSSR count). The normalized spacial score (nSPS) is 20.0. The van der Waals surface area contributed by atoms with E-state index in [1.54, 1.807) is 0 Å². The number of amides is 1. The van der Waals surface area contributed by atoms with Gasteiger partial charge in [-0.1, -0.05) is 30.3 Å². The van der Waals surface area contributed by atoms with Crippen LogP contribution in [-0.2, 0) is 0 Å². The minimum Gasteiger partial charge on any atom is -0.366 e. The molecule has 3 aromatic rings. The van der Waals surface area contributed by atoms with E-state index in [4.69, 9.17) is 5.73 Å². The van der Waals surface area contributed by atoms with E-state index in [1.165, 1.54) is 17.5 Å². The van der Waals surface area contributed by atoms with Crippen molar-refractivity contribution in [2.45, 2.75) is 31.1 Å². The number of nitrogens with one attached hydrogen (secondary N) is 2. The van der Waals surface area contributed by atoms with Gasteiger partial charge in [-0.05, 0) is 24.5 Å². The number of rotatable bonds is 4. The highest BCUT2D eigenvalue weighted by Gasteiger charge is 2.41. The highest BCUT2D eigenvalue weighted by molar-refractivity contribution is 7.22. The van der Waals surface area contributed by atoms with Gasteiger partial charge >= 0.3 is 6.18 Å². The van der Waals surface area contributed by atoms with E-state index in [9.17, 15) is 18.0 Å². The third-order valence-electron chi connectivity index (χ3n) is 5.03. The van der Waals surface area contributed by atoms with Gasteiger partial charge < -0.3 is 16.4 Å². The lowest BCUT2D eigenvalue weighted by Gasteiger charge is -2.31. The number of nitrogens with zero attached hydrogens (tertiary/aromatic N) is 1. The van der Waals surface area contributed by atoms with Gasteiger partial charge in [-0.3, -0.25) is 4.79 Å². The Kier molecular flexibility index (Phi) is 5.18. The highest BCUT2D eigenvalue weighted by atomic mass is 32.1. The predicted molar refractivity (Wildman–Crippen MR) is 108 cm³/mol. The Morgan fingerprint density at radius 3 is 2.62 bits per heavy atom. The Labute approximate surface area is 169 Å². The van der Waals surface area contributed by atoms with Gasteiger partial charge in [0.05, 0.1) is 10.3 Å². The number of carbonyl (C=O) groups excluding carboxylic acids is 1. The summed E-state index contributed by atoms with van der Waals surface area (Å²) in [6.07, 6.45) is -2.44. The minimum absolute atomic E-state index is 0.00256. The second kappa shape index (κ2) is 7.64. The van der Waals surface area contributed by atoms with Crippen LogP contribution in [0.25, 0.3) is 20.5 Å². The Morgan fingerprint density at radius 1 is 1.24 bits per heavy atom. The van der Waals surface area contributed by atoms with E-state index in [0.29, 0.717) is 22.5 Å². The van der Waals surface area contributed by atoms with E-state index in [-0.39, 0.29) is 19.0 Å². The van der Waals surface area contributed by atoms with Gasteiger partial charge in [0.2, 0.25) is 0 Å². The summed E-state index contributed by atoms with van der Waals surface area (Å²) in [6.45, 7) is 0.181. The molecule has 2 unspecified atom stereocenters. The summed E-state index contributed by atoms with van der Waals surface area (Å²) in [5.41, 5.74) is 6.84. The van der Waals surface area contributed by atoms with Gasteiger partial charge in [-0.15, -0.1) is 11.3 Å². The maximum absolute atomic E-state index is 12.8. The third kappa shape index (κ3) is 4.06. The largest absolute Gasteiger partial charge is 0.403 e. The molecule has 1 saturated heterocycles. The summed E-state index contributed by atoms with van der Waals surface area (Å²) in [6, 6.07) is 9.99. The smallest absolute Gasteiger partial charge is 0.366 e. The molecule has 0 radical (unpaired) electrons. The number of benzene rings is 1. The van der Waals surface area contributed by atoms with E-state index in [2.05, 4.69) is 15.6 Å². The summed E-state index contributed by atoms with van der Waals surface area (Å²) < 4.78 is 39.3. The first-order chi connectivity index (χ1) is 13.8. The topological polar surface area (TPSA) is 80.0 Å². The zero-order chi connectivity index (χ0) is 20.6. The number of piperidine rings is 1. The van der Waals surface area contributed by atoms with Crippen LogP contribution in [0.5, 0.6) is 0 Å². The highest BCUT2D eigenvalue weighted by Crippen LogP contribution is 2.38. The first-order valence-electron chi connectivity index (χ1n) is 9.17. The van der Waals surface area contributed by atoms with Crippen molar-refractivity contribution in [2.24, 2.45) is 5.73 Å². The number of aromatic nitrogens is 1. The van der Waals surface area contributed by atoms with Crippen molar-refractivity contribution in [2.75, 3.05) is 11.9 Å². The second-order valence-electron chi connectivity index (χ2n) is 7.03. The summed E-state index contributed by atoms with van der Waals surface area (Å²) >= 11 is 1.44. The molecule has 1 aliphatic heterocycles. The number of primary amides is 1. The van der Waals surface area contributed by atoms with Gasteiger partial charge in [-0.2, -0.15) is 13.2 Å². The molecular weight excluding hydrogens is 401 g/mol. The van der Waals surface area contributed by atoms with Gasteiger partial charge in [0.15, 0.2) is 0 Å². The van der Waals surface area contributed by atoms with Crippen molar-refractivity contribution in [1.82, 2.24) is 10.3 Å². The molecule has 152 valence electrons. The van der Waals surface area contributed by atoms with Crippen molar-refractivity contribution in [3.05, 3.63) is 48.2 Å². The standard InChI is InChI=1S/C20H19F3N4OS/c21-20(22,23)16-7-6-12(9-25-16)27-19-13-8-15(11-4-2-1-3-5-11)29-17(13)14(10-26-19)18(24)28/h1-5,8,10,12,16,25H,6-7,9H2,(H2,24,28)(H,26,27). The zero-order valence-corrected chi connectivity index (χ0v) is 16.1. The molecular formula is C20H19F3N4OS. The lowest BCUT2D eigenvalue weighted by molar-refractivity contribution is -0.160. The van der Waals surface area contributed by atoms with Gasteiger partial charge in [0.1, 0.15) is 11.9 Å². The molecule has 9 heteroatoms. The summed E-state index contributed by atoms with van der Waals surface area (Å²) in [4.78, 5) is 17.1. The van der Waals surface area contributed by atoms with E-state index >= 15 is 0 Å². The average molecular weight is 420 g/mol. The van der Waals surface area contributed by atoms with Crippen molar-refractivity contribution in [3.63, 3.8) is 0 Å². The van der Waals surface area contributed by atoms with Crippen molar-refractivity contribution >= 4 is 33.1 Å². The van der Waals surface area contributed by atoms with Crippen LogP contribution in [0.2, 0.25) is 0 Å². The molecule has 3 heterocycles. The molecule has 2 aromatic heterocycles. The maximum Gasteiger partial charge on any atom is 0.403 e. The van der Waals surface area contributed by atoms with Crippen LogP contribution in [0.15, 0.2) is 42.6 Å². The van der Waals surface area contributed by atoms with Crippen molar-refractivity contribution < 1.29 is 18.0 Å². The second-order valence-corrected chi connectivity index (χ2v) is 8.08. The molecule has 4 N–H and O–H groups in total. The number of hydrogen-bond acceptors (Lipinski definition) is 5. The molecule has 29 heavy (non-hydrogen) atoms. The Hall–Kier alpha value is -2.65. The molecule has 1 aromatic carbocycles. The van der Waals surface area contributed by atoms with Crippen LogP contribution in [0, 0.1) is 0 Å². The molecule has 0 aliphatic carbocycles. The SMILES string of the molecule is NC(=O)c1cnc(NC2CCC(C(F)(F)F)NC2)c2cc(-c3ccccc3)sc12. The number of anilines is 1. The maximum atomic E-state index is 12.8. The minimum atomic E-state index is -4.24. The predicted octanol–water partition coefficient (Wildman–Crippen LogP) is 4.16. The molecule has 1 aliphatic rings. The van der Waals surface area contributed by atoms with Gasteiger partial charge in [-0.25, -0.2) is 4.98 Å². The third-order valence-corrected chi connectivity index (χ3v) is 6.25. The number of carbonyl (C=O) groups is 1. The molecule has 0 spiro atoms. The average Bonchev–Trinajstić information content (AvgIpc) is 3.14. The van der Waals surface area contributed by atoms with Crippen LogP contribution in [0.1, 0.15) is 23.2 Å². The number of thiophene rings is 1. The van der Waals surface area contributed by atoms with Gasteiger partial charge in [0, 0.05) is 29.0 Å². The van der Waals surface area contributed by atoms with Crippen LogP contribution < -0.4 is 16.4 Å². The molecule has 1 amide bonds. The number of alkyl halides is 3. The van der Waals surface area contributed by atoms with Crippen LogP contribution in [0.4, 0.5) is 19.0 Å². The van der Waals surface area contributed by atoms with E-state index in [1.807, 2.05) is 36.4 Å². The van der Waals surface area contributed by atoms with Crippen molar-refractivity contribution in [3.8, 4) is 10.4 Å². The van der Waals surface area contributed by atoms with Gasteiger partial charge in [0.25, 0.3) is 5.91 Å². The lowest BCUT2D eigenvalue weighted by atomic mass is 10.00. The first kappa shape index (κ1) is 19.7.